The number of hydrogen-bond donors (Lipinski definition) is 1. The molecule has 0 aliphatic carbocycles. The summed E-state index contributed by atoms with van der Waals surface area (Å²) in [4.78, 5) is 27.9. The molecule has 168 valence electrons. The maximum absolute atomic E-state index is 13.4. The van der Waals surface area contributed by atoms with Crippen LogP contribution in [0.1, 0.15) is 44.7 Å². The van der Waals surface area contributed by atoms with Gasteiger partial charge in [0.25, 0.3) is 0 Å². The van der Waals surface area contributed by atoms with Gasteiger partial charge in [-0.05, 0) is 55.2 Å². The number of carbonyl (C=O) groups is 2. The lowest BCUT2D eigenvalue weighted by molar-refractivity contribution is -0.141. The van der Waals surface area contributed by atoms with Crippen molar-refractivity contribution in [2.24, 2.45) is 0 Å². The van der Waals surface area contributed by atoms with Crippen molar-refractivity contribution in [1.82, 2.24) is 10.2 Å². The zero-order valence-corrected chi connectivity index (χ0v) is 20.0. The number of benzene rings is 2. The second-order valence-electron chi connectivity index (χ2n) is 7.52. The fraction of sp³-hybridized carbons (Fsp3) is 0.417. The largest absolute Gasteiger partial charge is 0.497 e. The fourth-order valence-electron chi connectivity index (χ4n) is 3.21. The highest BCUT2D eigenvalue weighted by molar-refractivity contribution is 6.35. The van der Waals surface area contributed by atoms with Crippen LogP contribution in [0.5, 0.6) is 5.75 Å². The summed E-state index contributed by atoms with van der Waals surface area (Å²) in [6.45, 7) is 6.07. The second-order valence-corrected chi connectivity index (χ2v) is 8.37. The standard InChI is InChI=1S/C24H30Cl2N2O3/c1-5-16(3)27-24(30)22(6-2)28(15-18-9-10-19(25)14-21(18)26)23(29)13-17-7-11-20(31-4)12-8-17/h7-12,14,16,22H,5-6,13,15H2,1-4H3,(H,27,30)/t16-,22-/m1/s1. The number of amides is 2. The van der Waals surface area contributed by atoms with Crippen LogP contribution in [0.15, 0.2) is 42.5 Å². The molecular weight excluding hydrogens is 435 g/mol. The van der Waals surface area contributed by atoms with Gasteiger partial charge in [-0.25, -0.2) is 0 Å². The monoisotopic (exact) mass is 464 g/mol. The Morgan fingerprint density at radius 3 is 2.29 bits per heavy atom. The van der Waals surface area contributed by atoms with Gasteiger partial charge >= 0.3 is 0 Å². The third-order valence-corrected chi connectivity index (χ3v) is 5.84. The third kappa shape index (κ3) is 7.15. The molecule has 5 nitrogen and oxygen atoms in total. The molecule has 0 unspecified atom stereocenters. The second kappa shape index (κ2) is 12.0. The van der Waals surface area contributed by atoms with Gasteiger partial charge < -0.3 is 15.0 Å². The lowest BCUT2D eigenvalue weighted by atomic mass is 10.1. The van der Waals surface area contributed by atoms with Crippen LogP contribution in [0.2, 0.25) is 10.0 Å². The molecule has 2 aromatic carbocycles. The van der Waals surface area contributed by atoms with Crippen LogP contribution in [-0.2, 0) is 22.6 Å². The molecular formula is C24H30Cl2N2O3. The topological polar surface area (TPSA) is 58.6 Å². The summed E-state index contributed by atoms with van der Waals surface area (Å²) in [5, 5.41) is 3.99. The van der Waals surface area contributed by atoms with Gasteiger partial charge in [-0.15, -0.1) is 0 Å². The van der Waals surface area contributed by atoms with E-state index in [9.17, 15) is 9.59 Å². The van der Waals surface area contributed by atoms with Gasteiger partial charge in [0.2, 0.25) is 11.8 Å². The first-order valence-electron chi connectivity index (χ1n) is 10.5. The molecule has 7 heteroatoms. The molecule has 0 spiro atoms. The number of nitrogens with zero attached hydrogens (tertiary/aromatic N) is 1. The molecule has 0 bridgehead atoms. The first-order chi connectivity index (χ1) is 14.8. The third-order valence-electron chi connectivity index (χ3n) is 5.26. The van der Waals surface area contributed by atoms with Gasteiger partial charge in [0.15, 0.2) is 0 Å². The average Bonchev–Trinajstić information content (AvgIpc) is 2.75. The van der Waals surface area contributed by atoms with E-state index in [-0.39, 0.29) is 30.8 Å². The Labute approximate surface area is 194 Å². The van der Waals surface area contributed by atoms with E-state index in [2.05, 4.69) is 5.32 Å². The number of halogens is 2. The molecule has 2 amide bonds. The van der Waals surface area contributed by atoms with E-state index >= 15 is 0 Å². The molecule has 0 saturated carbocycles. The predicted molar refractivity (Wildman–Crippen MR) is 126 cm³/mol. The summed E-state index contributed by atoms with van der Waals surface area (Å²) in [6, 6.07) is 11.9. The van der Waals surface area contributed by atoms with Gasteiger partial charge in [-0.2, -0.15) is 0 Å². The number of carbonyl (C=O) groups excluding carboxylic acids is 2. The SMILES string of the molecule is CC[C@@H](C)NC(=O)[C@@H](CC)N(Cc1ccc(Cl)cc1Cl)C(=O)Cc1ccc(OC)cc1. The Morgan fingerprint density at radius 1 is 1.06 bits per heavy atom. The number of ether oxygens (including phenoxy) is 1. The Balaban J connectivity index is 2.32. The van der Waals surface area contributed by atoms with Crippen LogP contribution in [0.25, 0.3) is 0 Å². The Bertz CT molecular complexity index is 887. The van der Waals surface area contributed by atoms with E-state index in [1.807, 2.05) is 45.0 Å². The van der Waals surface area contributed by atoms with Gasteiger partial charge in [0.05, 0.1) is 13.5 Å². The van der Waals surface area contributed by atoms with Crippen molar-refractivity contribution in [2.45, 2.75) is 58.7 Å². The van der Waals surface area contributed by atoms with Gasteiger partial charge in [-0.1, -0.05) is 55.2 Å². The van der Waals surface area contributed by atoms with Crippen molar-refractivity contribution in [3.05, 3.63) is 63.6 Å². The molecule has 0 aromatic heterocycles. The summed E-state index contributed by atoms with van der Waals surface area (Å²) in [6.07, 6.45) is 1.47. The van der Waals surface area contributed by atoms with Crippen LogP contribution in [-0.4, -0.2) is 35.9 Å². The van der Waals surface area contributed by atoms with E-state index in [1.54, 1.807) is 30.2 Å². The highest BCUT2D eigenvalue weighted by atomic mass is 35.5. The molecule has 0 fully saturated rings. The fourth-order valence-corrected chi connectivity index (χ4v) is 3.68. The number of methoxy groups -OCH3 is 1. The Morgan fingerprint density at radius 2 is 1.74 bits per heavy atom. The van der Waals surface area contributed by atoms with Crippen LogP contribution in [0, 0.1) is 0 Å². The molecule has 0 radical (unpaired) electrons. The predicted octanol–water partition coefficient (Wildman–Crippen LogP) is 5.27. The molecule has 2 rings (SSSR count). The van der Waals surface area contributed by atoms with Crippen LogP contribution < -0.4 is 10.1 Å². The zero-order valence-electron chi connectivity index (χ0n) is 18.5. The molecule has 0 aliphatic heterocycles. The number of nitrogens with one attached hydrogen (secondary N) is 1. The smallest absolute Gasteiger partial charge is 0.243 e. The maximum Gasteiger partial charge on any atom is 0.243 e. The lowest BCUT2D eigenvalue weighted by Crippen LogP contribution is -2.51. The van der Waals surface area contributed by atoms with E-state index < -0.39 is 6.04 Å². The van der Waals surface area contributed by atoms with Crippen LogP contribution in [0.3, 0.4) is 0 Å². The minimum Gasteiger partial charge on any atom is -0.497 e. The molecule has 0 aliphatic rings. The summed E-state index contributed by atoms with van der Waals surface area (Å²) < 4.78 is 5.18. The van der Waals surface area contributed by atoms with Gasteiger partial charge in [-0.3, -0.25) is 9.59 Å². The van der Waals surface area contributed by atoms with Crippen molar-refractivity contribution in [2.75, 3.05) is 7.11 Å². The quantitative estimate of drug-likeness (QED) is 0.520. The summed E-state index contributed by atoms with van der Waals surface area (Å²) in [5.74, 6) is 0.410. The van der Waals surface area contributed by atoms with E-state index in [1.165, 1.54) is 0 Å². The number of hydrogen-bond acceptors (Lipinski definition) is 3. The summed E-state index contributed by atoms with van der Waals surface area (Å²) in [5.41, 5.74) is 1.58. The van der Waals surface area contributed by atoms with Crippen molar-refractivity contribution < 1.29 is 14.3 Å². The lowest BCUT2D eigenvalue weighted by Gasteiger charge is -2.32. The maximum atomic E-state index is 13.4. The first-order valence-corrected chi connectivity index (χ1v) is 11.2. The van der Waals surface area contributed by atoms with Crippen molar-refractivity contribution >= 4 is 35.0 Å². The Hall–Kier alpha value is -2.24. The van der Waals surface area contributed by atoms with Crippen LogP contribution >= 0.6 is 23.2 Å². The minimum atomic E-state index is -0.605. The summed E-state index contributed by atoms with van der Waals surface area (Å²) in [7, 11) is 1.60. The van der Waals surface area contributed by atoms with Crippen molar-refractivity contribution in [3.63, 3.8) is 0 Å². The molecule has 2 atom stereocenters. The summed E-state index contributed by atoms with van der Waals surface area (Å²) >= 11 is 12.4. The number of rotatable bonds is 10. The first kappa shape index (κ1) is 25.0. The average molecular weight is 465 g/mol. The highest BCUT2D eigenvalue weighted by Gasteiger charge is 2.29. The molecule has 1 N–H and O–H groups in total. The van der Waals surface area contributed by atoms with E-state index in [0.717, 1.165) is 23.3 Å². The molecule has 0 saturated heterocycles. The minimum absolute atomic E-state index is 0.0270. The van der Waals surface area contributed by atoms with E-state index in [0.29, 0.717) is 16.5 Å². The van der Waals surface area contributed by atoms with Crippen LogP contribution in [0.4, 0.5) is 0 Å². The van der Waals surface area contributed by atoms with Gasteiger partial charge in [0.1, 0.15) is 11.8 Å². The van der Waals surface area contributed by atoms with Gasteiger partial charge in [0, 0.05) is 22.6 Å². The van der Waals surface area contributed by atoms with E-state index in [4.69, 9.17) is 27.9 Å². The molecule has 2 aromatic rings. The van der Waals surface area contributed by atoms with Crippen molar-refractivity contribution in [1.29, 1.82) is 0 Å². The molecule has 31 heavy (non-hydrogen) atoms. The normalized spacial score (nSPS) is 12.7. The molecule has 0 heterocycles. The highest BCUT2D eigenvalue weighted by Crippen LogP contribution is 2.24. The van der Waals surface area contributed by atoms with Crippen molar-refractivity contribution in [3.8, 4) is 5.75 Å². The Kier molecular flexibility index (Phi) is 9.66. The zero-order chi connectivity index (χ0) is 23.0.